The van der Waals surface area contributed by atoms with E-state index >= 15 is 0 Å². The quantitative estimate of drug-likeness (QED) is 0.590. The molecule has 1 fully saturated rings. The molecule has 1 saturated carbocycles. The van der Waals surface area contributed by atoms with Crippen molar-refractivity contribution in [3.8, 4) is 25.7 Å². The van der Waals surface area contributed by atoms with Crippen molar-refractivity contribution in [3.05, 3.63) is 0 Å². The van der Waals surface area contributed by atoms with Crippen LogP contribution in [0.25, 0.3) is 0 Å². The summed E-state index contributed by atoms with van der Waals surface area (Å²) in [6, 6.07) is 0. The van der Waals surface area contributed by atoms with Gasteiger partial charge in [-0.2, -0.15) is 0 Å². The second kappa shape index (κ2) is 18.0. The Labute approximate surface area is 89.9 Å². The number of rotatable bonds is 0. The minimum atomic E-state index is 0.0127. The van der Waals surface area contributed by atoms with Crippen LogP contribution < -0.4 is 0 Å². The summed E-state index contributed by atoms with van der Waals surface area (Å²) in [5, 5.41) is 9.08. The highest BCUT2D eigenvalue weighted by Crippen LogP contribution is 2.22. The van der Waals surface area contributed by atoms with Gasteiger partial charge in [-0.25, -0.2) is 0 Å². The van der Waals surface area contributed by atoms with Gasteiger partial charge in [0.25, 0.3) is 0 Å². The minimum Gasteiger partial charge on any atom is -0.393 e. The van der Waals surface area contributed by atoms with E-state index in [2.05, 4.69) is 32.6 Å². The van der Waals surface area contributed by atoms with E-state index in [-0.39, 0.29) is 6.10 Å². The molecule has 0 aromatic heterocycles. The summed E-state index contributed by atoms with van der Waals surface area (Å²) in [5.41, 5.74) is 0. The van der Waals surface area contributed by atoms with Crippen molar-refractivity contribution >= 4 is 0 Å². The first-order valence-electron chi connectivity index (χ1n) is 5.14. The van der Waals surface area contributed by atoms with E-state index in [9.17, 15) is 0 Å². The fourth-order valence-corrected chi connectivity index (χ4v) is 1.40. The Kier molecular flexibility index (Phi) is 24.1. The van der Waals surface area contributed by atoms with Crippen molar-refractivity contribution in [2.45, 2.75) is 52.6 Å². The van der Waals surface area contributed by atoms with Crippen LogP contribution in [0.3, 0.4) is 0 Å². The van der Waals surface area contributed by atoms with E-state index in [0.29, 0.717) is 0 Å². The Morgan fingerprint density at radius 1 is 1.00 bits per heavy atom. The second-order valence-electron chi connectivity index (χ2n) is 2.93. The Morgan fingerprint density at radius 2 is 1.43 bits per heavy atom. The van der Waals surface area contributed by atoms with Gasteiger partial charge in [-0.1, -0.05) is 33.6 Å². The average molecular weight is 196 g/mol. The highest BCUT2D eigenvalue weighted by atomic mass is 16.3. The van der Waals surface area contributed by atoms with Crippen molar-refractivity contribution in [2.24, 2.45) is 5.92 Å². The smallest absolute Gasteiger partial charge is 0.0542 e. The first-order valence-corrected chi connectivity index (χ1v) is 5.14. The normalized spacial score (nSPS) is 23.4. The van der Waals surface area contributed by atoms with Crippen molar-refractivity contribution < 1.29 is 5.11 Å². The van der Waals surface area contributed by atoms with Crippen LogP contribution in [-0.2, 0) is 0 Å². The summed E-state index contributed by atoms with van der Waals surface area (Å²) in [6.07, 6.45) is 20.6. The van der Waals surface area contributed by atoms with Crippen LogP contribution in [0.2, 0.25) is 0 Å². The van der Waals surface area contributed by atoms with Gasteiger partial charge in [-0.05, 0) is 18.8 Å². The van der Waals surface area contributed by atoms with Crippen molar-refractivity contribution in [1.29, 1.82) is 0 Å². The molecular weight excluding hydrogens is 172 g/mol. The molecule has 1 N–H and O–H groups in total. The average Bonchev–Trinajstić information content (AvgIpc) is 2.26. The standard InChI is InChI=1S/C7H14O.C2H6.2C2H2/c1-6-3-2-4-7(8)5-6;3*1-2/h6-8H,2-5H2,1H3;1-2H3;2*1-2H/t6-,7+;;;/m1.../s1. The largest absolute Gasteiger partial charge is 0.393 e. The molecule has 0 spiro atoms. The maximum atomic E-state index is 9.08. The zero-order valence-corrected chi connectivity index (χ0v) is 9.74. The van der Waals surface area contributed by atoms with Crippen LogP contribution >= 0.6 is 0 Å². The van der Waals surface area contributed by atoms with Crippen LogP contribution in [0.4, 0.5) is 0 Å². The van der Waals surface area contributed by atoms with Crippen molar-refractivity contribution in [1.82, 2.24) is 0 Å². The monoisotopic (exact) mass is 196 g/mol. The summed E-state index contributed by atoms with van der Waals surface area (Å²) >= 11 is 0. The third-order valence-electron chi connectivity index (χ3n) is 1.91. The predicted octanol–water partition coefficient (Wildman–Crippen LogP) is 3.08. The summed E-state index contributed by atoms with van der Waals surface area (Å²) in [7, 11) is 0. The lowest BCUT2D eigenvalue weighted by molar-refractivity contribution is 0.106. The van der Waals surface area contributed by atoms with Gasteiger partial charge in [0.05, 0.1) is 6.10 Å². The summed E-state index contributed by atoms with van der Waals surface area (Å²) in [6.45, 7) is 6.21. The van der Waals surface area contributed by atoms with E-state index in [4.69, 9.17) is 5.11 Å². The Bertz CT molecular complexity index is 110. The van der Waals surface area contributed by atoms with E-state index in [1.165, 1.54) is 12.8 Å². The molecule has 0 aliphatic heterocycles. The third-order valence-corrected chi connectivity index (χ3v) is 1.91. The molecule has 0 bridgehead atoms. The molecule has 1 heteroatoms. The first-order chi connectivity index (χ1) is 6.79. The molecule has 0 saturated heterocycles. The number of aliphatic hydroxyl groups excluding tert-OH is 1. The van der Waals surface area contributed by atoms with Crippen LogP contribution in [-0.4, -0.2) is 11.2 Å². The zero-order valence-electron chi connectivity index (χ0n) is 9.74. The van der Waals surface area contributed by atoms with E-state index in [1.54, 1.807) is 0 Å². The summed E-state index contributed by atoms with van der Waals surface area (Å²) in [5.74, 6) is 0.763. The molecule has 82 valence electrons. The minimum absolute atomic E-state index is 0.0127. The van der Waals surface area contributed by atoms with Crippen LogP contribution in [0.15, 0.2) is 0 Å². The molecule has 0 aromatic rings. The zero-order chi connectivity index (χ0) is 12.0. The van der Waals surface area contributed by atoms with Gasteiger partial charge in [-0.15, -0.1) is 25.7 Å². The lowest BCUT2D eigenvalue weighted by Crippen LogP contribution is -2.16. The molecule has 0 radical (unpaired) electrons. The van der Waals surface area contributed by atoms with Crippen LogP contribution in [0.5, 0.6) is 0 Å². The van der Waals surface area contributed by atoms with Crippen molar-refractivity contribution in [2.75, 3.05) is 0 Å². The van der Waals surface area contributed by atoms with Crippen LogP contribution in [0, 0.1) is 31.6 Å². The molecule has 0 aromatic carbocycles. The van der Waals surface area contributed by atoms with E-state index in [0.717, 1.165) is 18.8 Å². The number of aliphatic hydroxyl groups is 1. The van der Waals surface area contributed by atoms with Gasteiger partial charge in [0.1, 0.15) is 0 Å². The summed E-state index contributed by atoms with van der Waals surface area (Å²) < 4.78 is 0. The lowest BCUT2D eigenvalue weighted by Gasteiger charge is -2.21. The molecular formula is C13H24O. The number of hydrogen-bond acceptors (Lipinski definition) is 1. The molecule has 1 aliphatic rings. The van der Waals surface area contributed by atoms with Gasteiger partial charge in [0.15, 0.2) is 0 Å². The predicted molar refractivity (Wildman–Crippen MR) is 64.8 cm³/mol. The van der Waals surface area contributed by atoms with E-state index < -0.39 is 0 Å². The SMILES string of the molecule is C#C.C#C.CC.C[C@@H]1CCC[C@H](O)C1. The van der Waals surface area contributed by atoms with Gasteiger partial charge in [-0.3, -0.25) is 0 Å². The van der Waals surface area contributed by atoms with Gasteiger partial charge in [0.2, 0.25) is 0 Å². The third kappa shape index (κ3) is 13.7. The van der Waals surface area contributed by atoms with Gasteiger partial charge in [0, 0.05) is 0 Å². The van der Waals surface area contributed by atoms with E-state index in [1.807, 2.05) is 13.8 Å². The molecule has 1 aliphatic carbocycles. The summed E-state index contributed by atoms with van der Waals surface area (Å²) in [4.78, 5) is 0. The number of terminal acetylenes is 2. The first kappa shape index (κ1) is 18.8. The molecule has 14 heavy (non-hydrogen) atoms. The van der Waals surface area contributed by atoms with Gasteiger partial charge >= 0.3 is 0 Å². The Balaban J connectivity index is -0.000000174. The molecule has 1 nitrogen and oxygen atoms in total. The fraction of sp³-hybridized carbons (Fsp3) is 0.692. The Hall–Kier alpha value is -0.920. The Morgan fingerprint density at radius 3 is 1.64 bits per heavy atom. The van der Waals surface area contributed by atoms with Crippen LogP contribution in [0.1, 0.15) is 46.5 Å². The second-order valence-corrected chi connectivity index (χ2v) is 2.93. The number of hydrogen-bond donors (Lipinski definition) is 1. The molecule has 0 amide bonds. The lowest BCUT2D eigenvalue weighted by atomic mass is 9.89. The fourth-order valence-electron chi connectivity index (χ4n) is 1.40. The topological polar surface area (TPSA) is 20.2 Å². The maximum Gasteiger partial charge on any atom is 0.0542 e. The molecule has 1 rings (SSSR count). The van der Waals surface area contributed by atoms with Gasteiger partial charge < -0.3 is 5.11 Å². The highest BCUT2D eigenvalue weighted by Gasteiger charge is 2.15. The molecule has 0 unspecified atom stereocenters. The molecule has 2 atom stereocenters. The maximum absolute atomic E-state index is 9.08. The highest BCUT2D eigenvalue weighted by molar-refractivity contribution is 4.67. The van der Waals surface area contributed by atoms with Crippen molar-refractivity contribution in [3.63, 3.8) is 0 Å². The molecule has 0 heterocycles.